The summed E-state index contributed by atoms with van der Waals surface area (Å²) in [5.41, 5.74) is 1.65. The second-order valence-electron chi connectivity index (χ2n) is 5.47. The fraction of sp³-hybridized carbons (Fsp3) is 0.267. The van der Waals surface area contributed by atoms with E-state index < -0.39 is 0 Å². The third-order valence-corrected chi connectivity index (χ3v) is 4.18. The van der Waals surface area contributed by atoms with Crippen molar-refractivity contribution in [3.63, 3.8) is 0 Å². The molecule has 2 aromatic heterocycles. The third kappa shape index (κ3) is 2.59. The van der Waals surface area contributed by atoms with Gasteiger partial charge in [0.25, 0.3) is 0 Å². The van der Waals surface area contributed by atoms with Crippen LogP contribution in [0.5, 0.6) is 0 Å². The van der Waals surface area contributed by atoms with Gasteiger partial charge in [0.05, 0.1) is 11.6 Å². The lowest BCUT2D eigenvalue weighted by atomic mass is 9.93. The van der Waals surface area contributed by atoms with Crippen molar-refractivity contribution in [2.24, 2.45) is 0 Å². The number of H-pyrrole nitrogens is 1. The van der Waals surface area contributed by atoms with Crippen molar-refractivity contribution in [1.29, 1.82) is 0 Å². The molecule has 1 aromatic carbocycles. The lowest BCUT2D eigenvalue weighted by Crippen LogP contribution is -2.27. The summed E-state index contributed by atoms with van der Waals surface area (Å²) in [6.07, 6.45) is 5.42. The Morgan fingerprint density at radius 1 is 1.14 bits per heavy atom. The molecule has 4 rings (SSSR count). The van der Waals surface area contributed by atoms with Crippen molar-refractivity contribution in [2.45, 2.75) is 30.2 Å². The van der Waals surface area contributed by atoms with Gasteiger partial charge in [0.1, 0.15) is 5.82 Å². The number of thiol groups is 1. The van der Waals surface area contributed by atoms with E-state index in [1.165, 1.54) is 19.3 Å². The second kappa shape index (κ2) is 5.49. The molecule has 1 fully saturated rings. The van der Waals surface area contributed by atoms with Gasteiger partial charge < -0.3 is 10.6 Å². The van der Waals surface area contributed by atoms with E-state index in [0.717, 1.165) is 27.4 Å². The second-order valence-corrected chi connectivity index (χ2v) is 5.99. The maximum atomic E-state index is 4.60. The van der Waals surface area contributed by atoms with E-state index in [1.807, 2.05) is 24.3 Å². The molecule has 0 saturated heterocycles. The van der Waals surface area contributed by atoms with Crippen LogP contribution in [-0.4, -0.2) is 26.2 Å². The van der Waals surface area contributed by atoms with Crippen LogP contribution in [0.25, 0.3) is 11.0 Å². The van der Waals surface area contributed by atoms with Gasteiger partial charge in [0.2, 0.25) is 5.95 Å². The number of nitrogens with one attached hydrogen (secondary N) is 3. The molecule has 0 atom stereocenters. The summed E-state index contributed by atoms with van der Waals surface area (Å²) in [4.78, 5) is 9.98. The molecule has 0 bridgehead atoms. The standard InChI is InChI=1S/C15H16N6S/c22-11-6-4-10(5-7-11)18-15-19-13(17-9-2-1-3-9)12-8-16-21-14(12)20-15/h4-9,22H,1-3H2,(H3,16,17,18,19,20,21). The Balaban J connectivity index is 1.66. The molecular weight excluding hydrogens is 296 g/mol. The highest BCUT2D eigenvalue weighted by Gasteiger charge is 2.19. The number of aromatic nitrogens is 4. The highest BCUT2D eigenvalue weighted by molar-refractivity contribution is 7.80. The molecule has 0 unspecified atom stereocenters. The lowest BCUT2D eigenvalue weighted by molar-refractivity contribution is 0.445. The van der Waals surface area contributed by atoms with Crippen LogP contribution < -0.4 is 10.6 Å². The predicted molar refractivity (Wildman–Crippen MR) is 89.9 cm³/mol. The first-order valence-electron chi connectivity index (χ1n) is 7.32. The molecule has 0 aliphatic heterocycles. The zero-order valence-electron chi connectivity index (χ0n) is 11.9. The summed E-state index contributed by atoms with van der Waals surface area (Å²) < 4.78 is 0. The zero-order valence-corrected chi connectivity index (χ0v) is 12.8. The lowest BCUT2D eigenvalue weighted by Gasteiger charge is -2.27. The average molecular weight is 312 g/mol. The molecule has 112 valence electrons. The van der Waals surface area contributed by atoms with Crippen LogP contribution in [0.4, 0.5) is 17.5 Å². The minimum atomic E-state index is 0.504. The van der Waals surface area contributed by atoms with Gasteiger partial charge in [-0.05, 0) is 43.5 Å². The molecule has 6 nitrogen and oxygen atoms in total. The van der Waals surface area contributed by atoms with Crippen molar-refractivity contribution in [2.75, 3.05) is 10.6 Å². The summed E-state index contributed by atoms with van der Waals surface area (Å²) in [5, 5.41) is 14.6. The summed E-state index contributed by atoms with van der Waals surface area (Å²) in [6.45, 7) is 0. The number of aromatic amines is 1. The van der Waals surface area contributed by atoms with Crippen molar-refractivity contribution in [3.05, 3.63) is 30.5 Å². The Labute approximate surface area is 133 Å². The van der Waals surface area contributed by atoms with E-state index in [4.69, 9.17) is 0 Å². The number of hydrogen-bond acceptors (Lipinski definition) is 6. The van der Waals surface area contributed by atoms with E-state index in [-0.39, 0.29) is 0 Å². The van der Waals surface area contributed by atoms with Crippen LogP contribution in [0.2, 0.25) is 0 Å². The smallest absolute Gasteiger partial charge is 0.231 e. The van der Waals surface area contributed by atoms with Gasteiger partial charge in [0.15, 0.2) is 5.65 Å². The molecule has 22 heavy (non-hydrogen) atoms. The normalized spacial score (nSPS) is 14.8. The summed E-state index contributed by atoms with van der Waals surface area (Å²) in [7, 11) is 0. The van der Waals surface area contributed by atoms with Crippen LogP contribution in [0.1, 0.15) is 19.3 Å². The Kier molecular flexibility index (Phi) is 3.34. The highest BCUT2D eigenvalue weighted by atomic mass is 32.1. The molecule has 0 radical (unpaired) electrons. The first-order chi connectivity index (χ1) is 10.8. The third-order valence-electron chi connectivity index (χ3n) is 3.88. The van der Waals surface area contributed by atoms with Gasteiger partial charge in [-0.3, -0.25) is 5.10 Å². The van der Waals surface area contributed by atoms with Gasteiger partial charge in [-0.15, -0.1) is 12.6 Å². The quantitative estimate of drug-likeness (QED) is 0.556. The Hall–Kier alpha value is -2.28. The summed E-state index contributed by atoms with van der Waals surface area (Å²) in [5.74, 6) is 1.38. The van der Waals surface area contributed by atoms with Gasteiger partial charge >= 0.3 is 0 Å². The van der Waals surface area contributed by atoms with E-state index in [2.05, 4.69) is 43.4 Å². The molecule has 7 heteroatoms. The molecule has 1 aliphatic carbocycles. The van der Waals surface area contributed by atoms with Gasteiger partial charge in [-0.1, -0.05) is 0 Å². The Morgan fingerprint density at radius 3 is 2.68 bits per heavy atom. The van der Waals surface area contributed by atoms with Crippen LogP contribution in [-0.2, 0) is 0 Å². The Morgan fingerprint density at radius 2 is 1.95 bits per heavy atom. The van der Waals surface area contributed by atoms with Crippen LogP contribution in [0.15, 0.2) is 35.4 Å². The molecule has 2 heterocycles. The minimum absolute atomic E-state index is 0.504. The maximum Gasteiger partial charge on any atom is 0.231 e. The van der Waals surface area contributed by atoms with Gasteiger partial charge in [-0.2, -0.15) is 15.1 Å². The number of nitrogens with zero attached hydrogens (tertiary/aromatic N) is 3. The minimum Gasteiger partial charge on any atom is -0.367 e. The number of anilines is 3. The fourth-order valence-electron chi connectivity index (χ4n) is 2.42. The number of fused-ring (bicyclic) bond motifs is 1. The van der Waals surface area contributed by atoms with Crippen molar-refractivity contribution >= 4 is 41.1 Å². The maximum absolute atomic E-state index is 4.60. The number of benzene rings is 1. The van der Waals surface area contributed by atoms with E-state index in [0.29, 0.717) is 12.0 Å². The predicted octanol–water partition coefficient (Wildman–Crippen LogP) is 3.35. The monoisotopic (exact) mass is 312 g/mol. The fourth-order valence-corrected chi connectivity index (χ4v) is 2.57. The first-order valence-corrected chi connectivity index (χ1v) is 7.76. The molecule has 0 amide bonds. The van der Waals surface area contributed by atoms with Gasteiger partial charge in [-0.25, -0.2) is 0 Å². The highest BCUT2D eigenvalue weighted by Crippen LogP contribution is 2.27. The van der Waals surface area contributed by atoms with Crippen molar-refractivity contribution < 1.29 is 0 Å². The molecule has 1 aliphatic rings. The average Bonchev–Trinajstić information content (AvgIpc) is 2.93. The van der Waals surface area contributed by atoms with Crippen LogP contribution in [0, 0.1) is 0 Å². The Bertz CT molecular complexity index is 793. The summed E-state index contributed by atoms with van der Waals surface area (Å²) in [6, 6.07) is 8.25. The van der Waals surface area contributed by atoms with Gasteiger partial charge in [0, 0.05) is 16.6 Å². The summed E-state index contributed by atoms with van der Waals surface area (Å²) >= 11 is 4.29. The zero-order chi connectivity index (χ0) is 14.9. The van der Waals surface area contributed by atoms with Crippen LogP contribution in [0.3, 0.4) is 0 Å². The van der Waals surface area contributed by atoms with Crippen molar-refractivity contribution in [3.8, 4) is 0 Å². The number of hydrogen-bond donors (Lipinski definition) is 4. The first kappa shape index (κ1) is 13.4. The topological polar surface area (TPSA) is 78.5 Å². The van der Waals surface area contributed by atoms with Crippen molar-refractivity contribution in [1.82, 2.24) is 20.2 Å². The number of rotatable bonds is 4. The molecule has 0 spiro atoms. The van der Waals surface area contributed by atoms with Crippen LogP contribution >= 0.6 is 12.6 Å². The molecule has 3 N–H and O–H groups in total. The van der Waals surface area contributed by atoms with E-state index in [1.54, 1.807) is 6.20 Å². The molecular formula is C15H16N6S. The largest absolute Gasteiger partial charge is 0.367 e. The molecule has 1 saturated carbocycles. The van der Waals surface area contributed by atoms with E-state index >= 15 is 0 Å². The van der Waals surface area contributed by atoms with E-state index in [9.17, 15) is 0 Å². The SMILES string of the molecule is Sc1ccc(Nc2nc(NC3CCC3)c3cn[nH]c3n2)cc1. The molecule has 3 aromatic rings.